The molecule has 0 N–H and O–H groups in total. The van der Waals surface area contributed by atoms with E-state index in [0.717, 1.165) is 19.6 Å². The third-order valence-corrected chi connectivity index (χ3v) is 2.73. The molecule has 0 saturated carbocycles. The minimum absolute atomic E-state index is 0.184. The maximum absolute atomic E-state index is 5.28. The molecule has 74 valence electrons. The smallest absolute Gasteiger partial charge is 0.303 e. The van der Waals surface area contributed by atoms with E-state index in [4.69, 9.17) is 9.47 Å². The molecule has 0 spiro atoms. The Hall–Kier alpha value is -0.740. The molecular formula is C9H16N2O2. The zero-order valence-corrected chi connectivity index (χ0v) is 8.14. The van der Waals surface area contributed by atoms with E-state index in [1.165, 1.54) is 0 Å². The maximum Gasteiger partial charge on any atom is 0.303 e. The van der Waals surface area contributed by atoms with Crippen LogP contribution < -0.4 is 0 Å². The van der Waals surface area contributed by atoms with E-state index in [1.807, 2.05) is 0 Å². The summed E-state index contributed by atoms with van der Waals surface area (Å²) in [6, 6.07) is 0.571. The minimum atomic E-state index is -0.184. The number of hydrogen-bond acceptors (Lipinski definition) is 4. The van der Waals surface area contributed by atoms with Gasteiger partial charge in [-0.2, -0.15) is 0 Å². The van der Waals surface area contributed by atoms with Gasteiger partial charge in [-0.25, -0.2) is 4.90 Å². The molecule has 2 rings (SSSR count). The summed E-state index contributed by atoms with van der Waals surface area (Å²) in [6.07, 6.45) is 3.03. The Morgan fingerprint density at radius 1 is 1.23 bits per heavy atom. The van der Waals surface area contributed by atoms with Gasteiger partial charge in [-0.3, -0.25) is 0 Å². The quantitative estimate of drug-likeness (QED) is 0.590. The molecule has 2 heterocycles. The first-order valence-corrected chi connectivity index (χ1v) is 4.67. The van der Waals surface area contributed by atoms with Crippen molar-refractivity contribution in [2.45, 2.75) is 19.4 Å². The van der Waals surface area contributed by atoms with E-state index < -0.39 is 0 Å². The van der Waals surface area contributed by atoms with Gasteiger partial charge in [0.2, 0.25) is 0 Å². The van der Waals surface area contributed by atoms with Crippen molar-refractivity contribution in [2.24, 2.45) is 0 Å². The first-order chi connectivity index (χ1) is 6.27. The normalized spacial score (nSPS) is 31.7. The average molecular weight is 184 g/mol. The Balaban J connectivity index is 1.87. The summed E-state index contributed by atoms with van der Waals surface area (Å²) < 4.78 is 10.6. The second-order valence-corrected chi connectivity index (χ2v) is 3.68. The molecule has 1 saturated heterocycles. The number of ether oxygens (including phenoxy) is 2. The van der Waals surface area contributed by atoms with Crippen molar-refractivity contribution in [3.05, 3.63) is 12.5 Å². The predicted octanol–water partition coefficient (Wildman–Crippen LogP) is 0.424. The Morgan fingerprint density at radius 2 is 1.92 bits per heavy atom. The largest absolute Gasteiger partial charge is 0.446 e. The van der Waals surface area contributed by atoms with E-state index in [9.17, 15) is 0 Å². The summed E-state index contributed by atoms with van der Waals surface area (Å²) in [7, 11) is 2.15. The minimum Gasteiger partial charge on any atom is -0.446 e. The Kier molecular flexibility index (Phi) is 2.42. The Morgan fingerprint density at radius 3 is 2.54 bits per heavy atom. The lowest BCUT2D eigenvalue weighted by Crippen LogP contribution is -2.53. The Labute approximate surface area is 78.7 Å². The van der Waals surface area contributed by atoms with Crippen LogP contribution in [0.3, 0.4) is 0 Å². The molecule has 0 amide bonds. The molecule has 0 aromatic heterocycles. The second-order valence-electron chi connectivity index (χ2n) is 3.68. The van der Waals surface area contributed by atoms with Crippen LogP contribution in [-0.4, -0.2) is 48.9 Å². The van der Waals surface area contributed by atoms with Crippen LogP contribution in [0.5, 0.6) is 0 Å². The lowest BCUT2D eigenvalue weighted by Gasteiger charge is -2.38. The average Bonchev–Trinajstić information content (AvgIpc) is 2.62. The first kappa shape index (κ1) is 8.84. The number of likely N-dealkylation sites (N-methyl/N-ethyl adjacent to an activating group) is 1. The highest BCUT2D eigenvalue weighted by atomic mass is 16.7. The molecule has 4 heteroatoms. The lowest BCUT2D eigenvalue weighted by atomic mass is 10.2. The van der Waals surface area contributed by atoms with Crippen LogP contribution in [0.15, 0.2) is 12.5 Å². The van der Waals surface area contributed by atoms with E-state index >= 15 is 0 Å². The van der Waals surface area contributed by atoms with Gasteiger partial charge in [0.05, 0.1) is 0 Å². The molecular weight excluding hydrogens is 168 g/mol. The molecule has 1 atom stereocenters. The molecule has 0 radical (unpaired) electrons. The van der Waals surface area contributed by atoms with Gasteiger partial charge in [0.25, 0.3) is 0 Å². The summed E-state index contributed by atoms with van der Waals surface area (Å²) in [4.78, 5) is 4.56. The van der Waals surface area contributed by atoms with E-state index in [1.54, 1.807) is 12.5 Å². The molecule has 1 fully saturated rings. The second kappa shape index (κ2) is 3.55. The van der Waals surface area contributed by atoms with Crippen molar-refractivity contribution < 1.29 is 9.47 Å². The number of piperazine rings is 1. The van der Waals surface area contributed by atoms with Crippen LogP contribution in [0.2, 0.25) is 0 Å². The third-order valence-electron chi connectivity index (χ3n) is 2.73. The molecule has 0 bridgehead atoms. The van der Waals surface area contributed by atoms with Crippen molar-refractivity contribution in [3.63, 3.8) is 0 Å². The van der Waals surface area contributed by atoms with E-state index in [0.29, 0.717) is 6.04 Å². The Bertz CT molecular complexity index is 200. The summed E-state index contributed by atoms with van der Waals surface area (Å²) in [5.74, 6) is 0. The van der Waals surface area contributed by atoms with Crippen LogP contribution in [0, 0.1) is 0 Å². The maximum atomic E-state index is 5.28. The SMILES string of the molecule is CC1CN(C2OC=CO2)CCN1C. The van der Waals surface area contributed by atoms with E-state index in [2.05, 4.69) is 23.8 Å². The molecule has 13 heavy (non-hydrogen) atoms. The lowest BCUT2D eigenvalue weighted by molar-refractivity contribution is -0.154. The molecule has 4 nitrogen and oxygen atoms in total. The number of hydrogen-bond donors (Lipinski definition) is 0. The topological polar surface area (TPSA) is 24.9 Å². The van der Waals surface area contributed by atoms with Gasteiger partial charge in [0, 0.05) is 25.7 Å². The summed E-state index contributed by atoms with van der Waals surface area (Å²) in [5, 5.41) is 0. The molecule has 0 aliphatic carbocycles. The molecule has 0 aromatic rings. The monoisotopic (exact) mass is 184 g/mol. The zero-order chi connectivity index (χ0) is 9.26. The fraction of sp³-hybridized carbons (Fsp3) is 0.778. The highest BCUT2D eigenvalue weighted by Gasteiger charge is 2.29. The molecule has 2 aliphatic heterocycles. The summed E-state index contributed by atoms with van der Waals surface area (Å²) in [6.45, 7) is 5.30. The van der Waals surface area contributed by atoms with Crippen molar-refractivity contribution in [3.8, 4) is 0 Å². The van der Waals surface area contributed by atoms with Crippen LogP contribution in [0.1, 0.15) is 6.92 Å². The fourth-order valence-corrected chi connectivity index (χ4v) is 1.67. The predicted molar refractivity (Wildman–Crippen MR) is 48.8 cm³/mol. The highest BCUT2D eigenvalue weighted by Crippen LogP contribution is 2.15. The molecule has 2 aliphatic rings. The first-order valence-electron chi connectivity index (χ1n) is 4.67. The van der Waals surface area contributed by atoms with Gasteiger partial charge in [0.15, 0.2) is 0 Å². The highest BCUT2D eigenvalue weighted by molar-refractivity contribution is 4.80. The van der Waals surface area contributed by atoms with Gasteiger partial charge in [-0.1, -0.05) is 0 Å². The summed E-state index contributed by atoms with van der Waals surface area (Å²) in [5.41, 5.74) is 0. The van der Waals surface area contributed by atoms with Crippen LogP contribution in [0.4, 0.5) is 0 Å². The van der Waals surface area contributed by atoms with Gasteiger partial charge in [0.1, 0.15) is 12.5 Å². The van der Waals surface area contributed by atoms with E-state index in [-0.39, 0.29) is 6.41 Å². The zero-order valence-electron chi connectivity index (χ0n) is 8.14. The third kappa shape index (κ3) is 1.78. The molecule has 1 unspecified atom stereocenters. The molecule has 0 aromatic carbocycles. The van der Waals surface area contributed by atoms with Gasteiger partial charge < -0.3 is 14.4 Å². The van der Waals surface area contributed by atoms with Gasteiger partial charge in [-0.05, 0) is 14.0 Å². The number of nitrogens with zero attached hydrogens (tertiary/aromatic N) is 2. The number of rotatable bonds is 1. The van der Waals surface area contributed by atoms with Crippen molar-refractivity contribution in [2.75, 3.05) is 26.7 Å². The van der Waals surface area contributed by atoms with Crippen molar-refractivity contribution in [1.82, 2.24) is 9.80 Å². The van der Waals surface area contributed by atoms with Gasteiger partial charge >= 0.3 is 6.41 Å². The van der Waals surface area contributed by atoms with Crippen LogP contribution in [0.25, 0.3) is 0 Å². The van der Waals surface area contributed by atoms with Gasteiger partial charge in [-0.15, -0.1) is 0 Å². The fourth-order valence-electron chi connectivity index (χ4n) is 1.67. The van der Waals surface area contributed by atoms with Crippen molar-refractivity contribution >= 4 is 0 Å². The van der Waals surface area contributed by atoms with Crippen LogP contribution >= 0.6 is 0 Å². The van der Waals surface area contributed by atoms with Crippen molar-refractivity contribution in [1.29, 1.82) is 0 Å². The summed E-state index contributed by atoms with van der Waals surface area (Å²) >= 11 is 0. The van der Waals surface area contributed by atoms with Crippen LogP contribution in [-0.2, 0) is 9.47 Å². The standard InChI is InChI=1S/C9H16N2O2/c1-8-7-11(4-3-10(8)2)9-12-5-6-13-9/h5-6,8-9H,3-4,7H2,1-2H3.